The number of aromatic nitrogens is 2. The predicted molar refractivity (Wildman–Crippen MR) is 67.1 cm³/mol. The number of carbonyl (C=O) groups excluding carboxylic acids is 1. The second-order valence-electron chi connectivity index (χ2n) is 3.53. The molecule has 2 aromatic rings. The molecule has 0 fully saturated rings. The Labute approximate surface area is 103 Å². The minimum Gasteiger partial charge on any atom is -0.463 e. The number of hydrogen-bond acceptors (Lipinski definition) is 4. The highest BCUT2D eigenvalue weighted by Crippen LogP contribution is 1.99. The van der Waals surface area contributed by atoms with Crippen molar-refractivity contribution >= 4 is 17.7 Å². The summed E-state index contributed by atoms with van der Waals surface area (Å²) in [5.74, 6) is -0.477. The number of ether oxygens (including phenoxy) is 1. The molecule has 0 bridgehead atoms. The smallest absolute Gasteiger partial charge is 0.330 e. The molecule has 0 N–H and O–H groups in total. The number of esters is 1. The Bertz CT molecular complexity index is 659. The van der Waals surface area contributed by atoms with Crippen LogP contribution >= 0.6 is 0 Å². The van der Waals surface area contributed by atoms with Crippen molar-refractivity contribution in [3.05, 3.63) is 52.6 Å². The molecule has 2 aromatic heterocycles. The number of carbonyl (C=O) groups is 1. The molecular formula is C13H12N2O3. The fraction of sp³-hybridized carbons (Fsp3) is 0.154. The van der Waals surface area contributed by atoms with Gasteiger partial charge in [0.2, 0.25) is 0 Å². The highest BCUT2D eigenvalue weighted by Gasteiger charge is 2.02. The molecular weight excluding hydrogens is 232 g/mol. The number of pyridine rings is 1. The Kier molecular flexibility index (Phi) is 3.52. The lowest BCUT2D eigenvalue weighted by atomic mass is 10.3. The van der Waals surface area contributed by atoms with Crippen LogP contribution in [0.2, 0.25) is 0 Å². The van der Waals surface area contributed by atoms with Gasteiger partial charge in [-0.3, -0.25) is 9.20 Å². The molecule has 5 nitrogen and oxygen atoms in total. The summed E-state index contributed by atoms with van der Waals surface area (Å²) in [5, 5.41) is 0. The van der Waals surface area contributed by atoms with Gasteiger partial charge in [-0.15, -0.1) is 0 Å². The lowest BCUT2D eigenvalue weighted by Gasteiger charge is -2.00. The van der Waals surface area contributed by atoms with E-state index in [1.54, 1.807) is 31.3 Å². The first-order valence-corrected chi connectivity index (χ1v) is 5.53. The molecule has 0 saturated heterocycles. The monoisotopic (exact) mass is 244 g/mol. The topological polar surface area (TPSA) is 60.7 Å². The van der Waals surface area contributed by atoms with Gasteiger partial charge in [0.05, 0.1) is 12.2 Å². The second-order valence-corrected chi connectivity index (χ2v) is 3.53. The molecule has 0 aliphatic carbocycles. The Balaban J connectivity index is 2.38. The first-order valence-electron chi connectivity index (χ1n) is 5.53. The minimum atomic E-state index is -0.477. The molecule has 0 aromatic carbocycles. The molecule has 0 amide bonds. The summed E-state index contributed by atoms with van der Waals surface area (Å²) in [5.41, 5.74) is 0.684. The van der Waals surface area contributed by atoms with Crippen LogP contribution in [0.25, 0.3) is 11.7 Å². The van der Waals surface area contributed by atoms with Gasteiger partial charge >= 0.3 is 5.97 Å². The molecule has 0 aliphatic heterocycles. The number of fused-ring (bicyclic) bond motifs is 1. The number of nitrogens with zero attached hydrogens (tertiary/aromatic N) is 2. The van der Waals surface area contributed by atoms with Crippen LogP contribution in [0, 0.1) is 0 Å². The zero-order valence-electron chi connectivity index (χ0n) is 9.87. The van der Waals surface area contributed by atoms with Gasteiger partial charge in [0.1, 0.15) is 5.65 Å². The SMILES string of the molecule is CCOC(=O)/C=C/c1cnc2ccccn2c1=O. The normalized spacial score (nSPS) is 10.9. The first-order chi connectivity index (χ1) is 8.72. The van der Waals surface area contributed by atoms with Gasteiger partial charge in [-0.25, -0.2) is 9.78 Å². The van der Waals surface area contributed by atoms with Crippen LogP contribution in [0.5, 0.6) is 0 Å². The van der Waals surface area contributed by atoms with E-state index in [9.17, 15) is 9.59 Å². The van der Waals surface area contributed by atoms with E-state index in [4.69, 9.17) is 4.74 Å². The van der Waals surface area contributed by atoms with Crippen LogP contribution in [-0.4, -0.2) is 22.0 Å². The summed E-state index contributed by atoms with van der Waals surface area (Å²) in [4.78, 5) is 27.3. The van der Waals surface area contributed by atoms with Gasteiger partial charge in [0.25, 0.3) is 5.56 Å². The van der Waals surface area contributed by atoms with Crippen molar-refractivity contribution in [2.24, 2.45) is 0 Å². The van der Waals surface area contributed by atoms with Crippen molar-refractivity contribution in [1.29, 1.82) is 0 Å². The number of rotatable bonds is 3. The fourth-order valence-electron chi connectivity index (χ4n) is 1.50. The molecule has 0 aliphatic rings. The van der Waals surface area contributed by atoms with Crippen LogP contribution in [-0.2, 0) is 9.53 Å². The van der Waals surface area contributed by atoms with Gasteiger partial charge < -0.3 is 4.74 Å². The average molecular weight is 244 g/mol. The molecule has 92 valence electrons. The largest absolute Gasteiger partial charge is 0.463 e. The van der Waals surface area contributed by atoms with Crippen LogP contribution in [0.1, 0.15) is 12.5 Å². The first kappa shape index (κ1) is 12.0. The van der Waals surface area contributed by atoms with E-state index in [1.165, 1.54) is 22.7 Å². The van der Waals surface area contributed by atoms with E-state index in [2.05, 4.69) is 4.98 Å². The van der Waals surface area contributed by atoms with Crippen molar-refractivity contribution in [2.75, 3.05) is 6.61 Å². The van der Waals surface area contributed by atoms with E-state index < -0.39 is 5.97 Å². The van der Waals surface area contributed by atoms with Crippen LogP contribution in [0.15, 0.2) is 41.5 Å². The molecule has 0 saturated carbocycles. The minimum absolute atomic E-state index is 0.221. The predicted octanol–water partition coefficient (Wildman–Crippen LogP) is 1.27. The highest BCUT2D eigenvalue weighted by atomic mass is 16.5. The number of hydrogen-bond donors (Lipinski definition) is 0. The average Bonchev–Trinajstić information content (AvgIpc) is 2.39. The van der Waals surface area contributed by atoms with Gasteiger partial charge in [-0.2, -0.15) is 0 Å². The Hall–Kier alpha value is -2.43. The van der Waals surface area contributed by atoms with Crippen molar-refractivity contribution in [3.63, 3.8) is 0 Å². The maximum atomic E-state index is 12.0. The van der Waals surface area contributed by atoms with E-state index in [0.717, 1.165) is 0 Å². The Morgan fingerprint density at radius 2 is 2.33 bits per heavy atom. The fourth-order valence-corrected chi connectivity index (χ4v) is 1.50. The molecule has 0 atom stereocenters. The molecule has 2 heterocycles. The van der Waals surface area contributed by atoms with Crippen molar-refractivity contribution in [1.82, 2.24) is 9.38 Å². The van der Waals surface area contributed by atoms with Gasteiger partial charge in [-0.05, 0) is 25.1 Å². The van der Waals surface area contributed by atoms with Gasteiger partial charge in [-0.1, -0.05) is 6.07 Å². The molecule has 0 unspecified atom stereocenters. The van der Waals surface area contributed by atoms with E-state index >= 15 is 0 Å². The molecule has 5 heteroatoms. The van der Waals surface area contributed by atoms with Gasteiger partial charge in [0.15, 0.2) is 0 Å². The summed E-state index contributed by atoms with van der Waals surface area (Å²) in [7, 11) is 0. The lowest BCUT2D eigenvalue weighted by Crippen LogP contribution is -2.16. The summed E-state index contributed by atoms with van der Waals surface area (Å²) in [6.07, 6.45) is 5.70. The van der Waals surface area contributed by atoms with Crippen LogP contribution in [0.3, 0.4) is 0 Å². The molecule has 2 rings (SSSR count). The summed E-state index contributed by atoms with van der Waals surface area (Å²) < 4.78 is 6.16. The van der Waals surface area contributed by atoms with Gasteiger partial charge in [0, 0.05) is 18.5 Å². The maximum Gasteiger partial charge on any atom is 0.330 e. The summed E-state index contributed by atoms with van der Waals surface area (Å²) in [6, 6.07) is 5.28. The quantitative estimate of drug-likeness (QED) is 0.602. The Morgan fingerprint density at radius 3 is 3.11 bits per heavy atom. The zero-order valence-corrected chi connectivity index (χ0v) is 9.87. The molecule has 18 heavy (non-hydrogen) atoms. The second kappa shape index (κ2) is 5.27. The Morgan fingerprint density at radius 1 is 1.50 bits per heavy atom. The third-order valence-electron chi connectivity index (χ3n) is 2.33. The zero-order chi connectivity index (χ0) is 13.0. The van der Waals surface area contributed by atoms with Crippen molar-refractivity contribution in [3.8, 4) is 0 Å². The molecule has 0 spiro atoms. The van der Waals surface area contributed by atoms with E-state index in [-0.39, 0.29) is 5.56 Å². The van der Waals surface area contributed by atoms with Crippen LogP contribution in [0.4, 0.5) is 0 Å². The summed E-state index contributed by atoms with van der Waals surface area (Å²) in [6.45, 7) is 2.02. The lowest BCUT2D eigenvalue weighted by molar-refractivity contribution is -0.137. The highest BCUT2D eigenvalue weighted by molar-refractivity contribution is 5.86. The third-order valence-corrected chi connectivity index (χ3v) is 2.33. The van der Waals surface area contributed by atoms with Crippen molar-refractivity contribution < 1.29 is 9.53 Å². The van der Waals surface area contributed by atoms with E-state index in [0.29, 0.717) is 17.8 Å². The maximum absolute atomic E-state index is 12.0. The van der Waals surface area contributed by atoms with Crippen molar-refractivity contribution in [2.45, 2.75) is 6.92 Å². The summed E-state index contributed by atoms with van der Waals surface area (Å²) >= 11 is 0. The standard InChI is InChI=1S/C13H12N2O3/c1-2-18-12(16)7-6-10-9-14-11-5-3-4-8-15(11)13(10)17/h3-9H,2H2,1H3/b7-6+. The van der Waals surface area contributed by atoms with Crippen LogP contribution < -0.4 is 5.56 Å². The molecule has 0 radical (unpaired) electrons. The third kappa shape index (κ3) is 2.45. The van der Waals surface area contributed by atoms with E-state index in [1.807, 2.05) is 0 Å².